The molecule has 0 bridgehead atoms. The third-order valence-corrected chi connectivity index (χ3v) is 7.00. The van der Waals surface area contributed by atoms with Gasteiger partial charge in [-0.25, -0.2) is 4.99 Å². The number of carbonyl (C=O) groups is 1. The number of methoxy groups -OCH3 is 1. The third-order valence-electron chi connectivity index (χ3n) is 4.26. The van der Waals surface area contributed by atoms with Gasteiger partial charge >= 0.3 is 0 Å². The molecule has 2 aromatic rings. The molecule has 2 aliphatic heterocycles. The molecule has 5 nitrogen and oxygen atoms in total. The Labute approximate surface area is 171 Å². The number of nitrogens with zero attached hydrogens (tertiary/aromatic N) is 3. The lowest BCUT2D eigenvalue weighted by Gasteiger charge is -2.15. The number of anilines is 1. The number of likely N-dealkylation sites (N-methyl/N-ethyl adjacent to an activating group) is 1. The minimum absolute atomic E-state index is 0.0539. The molecule has 2 heterocycles. The lowest BCUT2D eigenvalue weighted by Crippen LogP contribution is -2.24. The highest BCUT2D eigenvalue weighted by molar-refractivity contribution is 8.19. The zero-order valence-electron chi connectivity index (χ0n) is 14.9. The predicted molar refractivity (Wildman–Crippen MR) is 113 cm³/mol. The van der Waals surface area contributed by atoms with E-state index in [1.165, 1.54) is 11.8 Å². The normalized spacial score (nSPS) is 20.6. The standard InChI is InChI=1S/C19H16ClN3O2S2/c1-22-14-10-13(25-3)8-9-15(14)26-18(22)16-17(24)23(2)19(27-16)21-12-6-4-11(20)5-7-12/h4-10H,1-3H3. The summed E-state index contributed by atoms with van der Waals surface area (Å²) >= 11 is 8.90. The third kappa shape index (κ3) is 3.31. The van der Waals surface area contributed by atoms with E-state index >= 15 is 0 Å². The van der Waals surface area contributed by atoms with Crippen molar-refractivity contribution in [1.82, 2.24) is 4.90 Å². The van der Waals surface area contributed by atoms with Gasteiger partial charge in [0.15, 0.2) is 5.17 Å². The summed E-state index contributed by atoms with van der Waals surface area (Å²) in [4.78, 5) is 22.8. The van der Waals surface area contributed by atoms with Crippen LogP contribution in [-0.4, -0.2) is 37.2 Å². The van der Waals surface area contributed by atoms with Gasteiger partial charge in [-0.05, 0) is 48.2 Å². The molecule has 0 saturated carbocycles. The molecule has 0 N–H and O–H groups in total. The van der Waals surface area contributed by atoms with Crippen molar-refractivity contribution < 1.29 is 9.53 Å². The summed E-state index contributed by atoms with van der Waals surface area (Å²) < 4.78 is 5.32. The topological polar surface area (TPSA) is 45.1 Å². The summed E-state index contributed by atoms with van der Waals surface area (Å²) in [6.45, 7) is 0. The number of thioether (sulfide) groups is 2. The molecule has 2 aliphatic rings. The average molecular weight is 418 g/mol. The van der Waals surface area contributed by atoms with Crippen LogP contribution in [-0.2, 0) is 4.79 Å². The van der Waals surface area contributed by atoms with E-state index in [0.29, 0.717) is 15.1 Å². The number of carbonyl (C=O) groups excluding carboxylic acids is 1. The van der Waals surface area contributed by atoms with Crippen molar-refractivity contribution in [1.29, 1.82) is 0 Å². The van der Waals surface area contributed by atoms with Crippen molar-refractivity contribution in [2.75, 3.05) is 26.1 Å². The van der Waals surface area contributed by atoms with Crippen molar-refractivity contribution in [3.63, 3.8) is 0 Å². The molecule has 1 amide bonds. The van der Waals surface area contributed by atoms with Gasteiger partial charge < -0.3 is 9.64 Å². The van der Waals surface area contributed by atoms with Crippen LogP contribution in [0.3, 0.4) is 0 Å². The van der Waals surface area contributed by atoms with Crippen molar-refractivity contribution in [2.45, 2.75) is 4.90 Å². The molecule has 4 rings (SSSR count). The van der Waals surface area contributed by atoms with Crippen LogP contribution in [0.15, 0.2) is 62.3 Å². The quantitative estimate of drug-likeness (QED) is 0.646. The highest BCUT2D eigenvalue weighted by atomic mass is 35.5. The molecular formula is C19H16ClN3O2S2. The zero-order chi connectivity index (χ0) is 19.1. The Balaban J connectivity index is 1.68. The van der Waals surface area contributed by atoms with Gasteiger partial charge in [-0.2, -0.15) is 0 Å². The first-order chi connectivity index (χ1) is 13.0. The van der Waals surface area contributed by atoms with E-state index in [0.717, 1.165) is 27.0 Å². The Morgan fingerprint density at radius 3 is 2.48 bits per heavy atom. The number of halogens is 1. The summed E-state index contributed by atoms with van der Waals surface area (Å²) in [7, 11) is 5.35. The number of amides is 1. The molecule has 0 atom stereocenters. The van der Waals surface area contributed by atoms with Gasteiger partial charge in [-0.3, -0.25) is 9.69 Å². The second-order valence-electron chi connectivity index (χ2n) is 5.97. The van der Waals surface area contributed by atoms with Gasteiger partial charge in [0, 0.05) is 30.1 Å². The Bertz CT molecular complexity index is 989. The second-order valence-corrected chi connectivity index (χ2v) is 8.41. The molecule has 27 heavy (non-hydrogen) atoms. The van der Waals surface area contributed by atoms with E-state index in [2.05, 4.69) is 4.99 Å². The van der Waals surface area contributed by atoms with Gasteiger partial charge in [-0.15, -0.1) is 0 Å². The number of ether oxygens (including phenoxy) is 1. The molecule has 1 fully saturated rings. The van der Waals surface area contributed by atoms with E-state index in [-0.39, 0.29) is 5.91 Å². The maximum Gasteiger partial charge on any atom is 0.269 e. The van der Waals surface area contributed by atoms with Gasteiger partial charge in [0.2, 0.25) is 0 Å². The fraction of sp³-hybridized carbons (Fsp3) is 0.158. The summed E-state index contributed by atoms with van der Waals surface area (Å²) in [5, 5.41) is 2.20. The molecule has 0 unspecified atom stereocenters. The minimum Gasteiger partial charge on any atom is -0.497 e. The molecular weight excluding hydrogens is 402 g/mol. The number of aliphatic imine (C=N–C) groups is 1. The first-order valence-electron chi connectivity index (χ1n) is 8.12. The van der Waals surface area contributed by atoms with E-state index < -0.39 is 0 Å². The second kappa shape index (κ2) is 7.14. The fourth-order valence-electron chi connectivity index (χ4n) is 2.75. The Morgan fingerprint density at radius 1 is 1.04 bits per heavy atom. The lowest BCUT2D eigenvalue weighted by molar-refractivity contribution is -0.121. The van der Waals surface area contributed by atoms with Crippen LogP contribution in [0.5, 0.6) is 5.75 Å². The molecule has 8 heteroatoms. The van der Waals surface area contributed by atoms with Crippen LogP contribution in [0.1, 0.15) is 0 Å². The average Bonchev–Trinajstić information content (AvgIpc) is 3.14. The van der Waals surface area contributed by atoms with Crippen LogP contribution in [0.4, 0.5) is 11.4 Å². The van der Waals surface area contributed by atoms with Crippen molar-refractivity contribution in [2.24, 2.45) is 4.99 Å². The summed E-state index contributed by atoms with van der Waals surface area (Å²) in [5.41, 5.74) is 1.79. The van der Waals surface area contributed by atoms with Crippen LogP contribution in [0.2, 0.25) is 5.02 Å². The van der Waals surface area contributed by atoms with Crippen molar-refractivity contribution in [3.05, 3.63) is 57.4 Å². The van der Waals surface area contributed by atoms with Crippen LogP contribution < -0.4 is 9.64 Å². The van der Waals surface area contributed by atoms with Gasteiger partial charge in [0.25, 0.3) is 5.91 Å². The number of hydrogen-bond donors (Lipinski definition) is 0. The zero-order valence-corrected chi connectivity index (χ0v) is 17.3. The Kier molecular flexibility index (Phi) is 4.84. The van der Waals surface area contributed by atoms with Gasteiger partial charge in [0.05, 0.1) is 23.5 Å². The maximum atomic E-state index is 12.8. The van der Waals surface area contributed by atoms with Gasteiger partial charge in [-0.1, -0.05) is 23.4 Å². The van der Waals surface area contributed by atoms with Crippen LogP contribution in [0.25, 0.3) is 0 Å². The summed E-state index contributed by atoms with van der Waals surface area (Å²) in [6, 6.07) is 13.1. The molecule has 138 valence electrons. The fourth-order valence-corrected chi connectivity index (χ4v) is 5.19. The smallest absolute Gasteiger partial charge is 0.269 e. The Hall–Kier alpha value is -2.09. The van der Waals surface area contributed by atoms with E-state index in [4.69, 9.17) is 16.3 Å². The van der Waals surface area contributed by atoms with Crippen molar-refractivity contribution >= 4 is 57.6 Å². The summed E-state index contributed by atoms with van der Waals surface area (Å²) in [6.07, 6.45) is 0. The van der Waals surface area contributed by atoms with E-state index in [9.17, 15) is 4.79 Å². The largest absolute Gasteiger partial charge is 0.497 e. The number of rotatable bonds is 2. The highest BCUT2D eigenvalue weighted by Crippen LogP contribution is 2.50. The van der Waals surface area contributed by atoms with Crippen LogP contribution >= 0.6 is 35.1 Å². The first-order valence-corrected chi connectivity index (χ1v) is 10.1. The molecule has 2 aromatic carbocycles. The van der Waals surface area contributed by atoms with Crippen molar-refractivity contribution in [3.8, 4) is 5.75 Å². The first kappa shape index (κ1) is 18.3. The number of benzene rings is 2. The van der Waals surface area contributed by atoms with E-state index in [1.54, 1.807) is 43.0 Å². The Morgan fingerprint density at radius 2 is 1.78 bits per heavy atom. The maximum absolute atomic E-state index is 12.8. The molecule has 0 aromatic heterocycles. The molecule has 0 aliphatic carbocycles. The molecule has 0 spiro atoms. The summed E-state index contributed by atoms with van der Waals surface area (Å²) in [5.74, 6) is 0.738. The number of fused-ring (bicyclic) bond motifs is 1. The van der Waals surface area contributed by atoms with E-state index in [1.807, 2.05) is 42.3 Å². The highest BCUT2D eigenvalue weighted by Gasteiger charge is 2.37. The lowest BCUT2D eigenvalue weighted by atomic mass is 10.3. The number of amidine groups is 1. The SMILES string of the molecule is COc1ccc2c(c1)N(C)C(=C1SC(=Nc3ccc(Cl)cc3)N(C)C1=O)S2. The van der Waals surface area contributed by atoms with Crippen LogP contribution in [0, 0.1) is 0 Å². The monoisotopic (exact) mass is 417 g/mol. The predicted octanol–water partition coefficient (Wildman–Crippen LogP) is 4.95. The van der Waals surface area contributed by atoms with Gasteiger partial charge in [0.1, 0.15) is 10.7 Å². The minimum atomic E-state index is -0.0539. The molecule has 0 radical (unpaired) electrons. The number of hydrogen-bond acceptors (Lipinski definition) is 6. The molecule has 1 saturated heterocycles.